The molecule has 2 heterocycles. The zero-order valence-electron chi connectivity index (χ0n) is 11.9. The number of nitrogens with zero attached hydrogens (tertiary/aromatic N) is 3. The first-order valence-corrected chi connectivity index (χ1v) is 7.21. The van der Waals surface area contributed by atoms with Gasteiger partial charge in [0.1, 0.15) is 18.7 Å². The zero-order chi connectivity index (χ0) is 14.2. The Bertz CT molecular complexity index is 389. The maximum absolute atomic E-state index is 11.9. The van der Waals surface area contributed by atoms with Crippen molar-refractivity contribution < 1.29 is 9.53 Å². The van der Waals surface area contributed by atoms with Crippen LogP contribution in [0.1, 0.15) is 32.2 Å². The van der Waals surface area contributed by atoms with Gasteiger partial charge in [0.15, 0.2) is 0 Å². The lowest BCUT2D eigenvalue weighted by molar-refractivity contribution is -0.124. The number of carbonyl (C=O) groups excluding carboxylic acids is 1. The van der Waals surface area contributed by atoms with E-state index >= 15 is 0 Å². The van der Waals surface area contributed by atoms with Gasteiger partial charge in [-0.25, -0.2) is 9.67 Å². The molecule has 1 aromatic heterocycles. The van der Waals surface area contributed by atoms with Crippen molar-refractivity contribution in [2.75, 3.05) is 26.2 Å². The van der Waals surface area contributed by atoms with E-state index in [0.717, 1.165) is 32.4 Å². The number of nitrogens with one attached hydrogen (secondary N) is 2. The third kappa shape index (κ3) is 4.57. The number of amides is 1. The molecular formula is C13H23N5O2. The molecule has 0 radical (unpaired) electrons. The molecule has 7 heteroatoms. The number of carbonyl (C=O) groups is 1. The molecule has 0 spiro atoms. The van der Waals surface area contributed by atoms with E-state index in [1.165, 1.54) is 6.33 Å². The van der Waals surface area contributed by atoms with E-state index < -0.39 is 0 Å². The summed E-state index contributed by atoms with van der Waals surface area (Å²) in [6.45, 7) is 5.20. The van der Waals surface area contributed by atoms with Crippen LogP contribution in [0.25, 0.3) is 0 Å². The average Bonchev–Trinajstić information content (AvgIpc) is 3.01. The van der Waals surface area contributed by atoms with E-state index in [1.54, 1.807) is 17.9 Å². The second-order valence-electron chi connectivity index (χ2n) is 5.02. The fourth-order valence-electron chi connectivity index (χ4n) is 2.18. The lowest BCUT2D eigenvalue weighted by atomic mass is 10.1. The maximum atomic E-state index is 11.9. The van der Waals surface area contributed by atoms with E-state index in [0.29, 0.717) is 19.3 Å². The minimum Gasteiger partial charge on any atom is -0.378 e. The summed E-state index contributed by atoms with van der Waals surface area (Å²) >= 11 is 0. The third-order valence-electron chi connectivity index (χ3n) is 3.47. The van der Waals surface area contributed by atoms with Gasteiger partial charge in [-0.05, 0) is 39.3 Å². The molecule has 112 valence electrons. The van der Waals surface area contributed by atoms with Gasteiger partial charge >= 0.3 is 0 Å². The first-order valence-electron chi connectivity index (χ1n) is 7.21. The van der Waals surface area contributed by atoms with Crippen LogP contribution in [-0.2, 0) is 9.53 Å². The third-order valence-corrected chi connectivity index (χ3v) is 3.47. The second kappa shape index (κ2) is 7.96. The molecule has 20 heavy (non-hydrogen) atoms. The number of hydrogen-bond acceptors (Lipinski definition) is 5. The van der Waals surface area contributed by atoms with Gasteiger partial charge in [-0.2, -0.15) is 5.10 Å². The molecular weight excluding hydrogens is 258 g/mol. The van der Waals surface area contributed by atoms with Crippen molar-refractivity contribution in [3.8, 4) is 0 Å². The zero-order valence-corrected chi connectivity index (χ0v) is 11.9. The second-order valence-corrected chi connectivity index (χ2v) is 5.02. The Labute approximate surface area is 119 Å². The van der Waals surface area contributed by atoms with Crippen LogP contribution in [-0.4, -0.2) is 53.0 Å². The summed E-state index contributed by atoms with van der Waals surface area (Å²) in [5, 5.41) is 10.2. The Hall–Kier alpha value is -1.47. The molecule has 2 rings (SSSR count). The molecule has 1 unspecified atom stereocenters. The van der Waals surface area contributed by atoms with Crippen molar-refractivity contribution in [3.05, 3.63) is 12.7 Å². The molecule has 0 saturated carbocycles. The van der Waals surface area contributed by atoms with Crippen LogP contribution < -0.4 is 10.6 Å². The Kier molecular flexibility index (Phi) is 5.94. The van der Waals surface area contributed by atoms with Crippen molar-refractivity contribution in [3.63, 3.8) is 0 Å². The van der Waals surface area contributed by atoms with Gasteiger partial charge < -0.3 is 15.4 Å². The van der Waals surface area contributed by atoms with Gasteiger partial charge in [-0.1, -0.05) is 0 Å². The highest BCUT2D eigenvalue weighted by atomic mass is 16.5. The summed E-state index contributed by atoms with van der Waals surface area (Å²) in [5.74, 6) is -0.0441. The predicted molar refractivity (Wildman–Crippen MR) is 74.2 cm³/mol. The highest BCUT2D eigenvalue weighted by Gasteiger charge is 2.15. The summed E-state index contributed by atoms with van der Waals surface area (Å²) in [6.07, 6.45) is 6.34. The monoisotopic (exact) mass is 281 g/mol. The maximum Gasteiger partial charge on any atom is 0.244 e. The lowest BCUT2D eigenvalue weighted by Crippen LogP contribution is -2.34. The molecule has 1 amide bonds. The van der Waals surface area contributed by atoms with Gasteiger partial charge in [-0.3, -0.25) is 4.79 Å². The van der Waals surface area contributed by atoms with Crippen molar-refractivity contribution in [2.24, 2.45) is 0 Å². The normalized spacial score (nSPS) is 17.9. The van der Waals surface area contributed by atoms with Gasteiger partial charge in [0.25, 0.3) is 0 Å². The van der Waals surface area contributed by atoms with E-state index in [9.17, 15) is 4.79 Å². The number of hydrogen-bond donors (Lipinski definition) is 2. The first kappa shape index (κ1) is 14.9. The van der Waals surface area contributed by atoms with E-state index in [2.05, 4.69) is 20.7 Å². The first-order chi connectivity index (χ1) is 9.77. The molecule has 0 aromatic carbocycles. The fourth-order valence-corrected chi connectivity index (χ4v) is 2.18. The molecule has 1 aliphatic heterocycles. The number of piperidine rings is 1. The topological polar surface area (TPSA) is 81.1 Å². The fraction of sp³-hybridized carbons (Fsp3) is 0.769. The van der Waals surface area contributed by atoms with Gasteiger partial charge in [0.2, 0.25) is 5.91 Å². The van der Waals surface area contributed by atoms with Crippen LogP contribution in [0.4, 0.5) is 0 Å². The smallest absolute Gasteiger partial charge is 0.244 e. The van der Waals surface area contributed by atoms with Crippen molar-refractivity contribution in [2.45, 2.75) is 38.3 Å². The lowest BCUT2D eigenvalue weighted by Gasteiger charge is -2.23. The summed E-state index contributed by atoms with van der Waals surface area (Å²) in [7, 11) is 0. The summed E-state index contributed by atoms with van der Waals surface area (Å²) in [5.41, 5.74) is 0. The number of ether oxygens (including phenoxy) is 1. The van der Waals surface area contributed by atoms with Crippen molar-refractivity contribution in [1.82, 2.24) is 25.4 Å². The summed E-state index contributed by atoms with van der Waals surface area (Å²) < 4.78 is 7.32. The Morgan fingerprint density at radius 2 is 2.35 bits per heavy atom. The van der Waals surface area contributed by atoms with E-state index in [1.807, 2.05) is 0 Å². The van der Waals surface area contributed by atoms with E-state index in [4.69, 9.17) is 4.74 Å². The Morgan fingerprint density at radius 1 is 1.55 bits per heavy atom. The SMILES string of the molecule is CC(C(=O)NCCCOC1CCNCC1)n1cncn1. The minimum absolute atomic E-state index is 0.0441. The van der Waals surface area contributed by atoms with Crippen LogP contribution in [0, 0.1) is 0 Å². The van der Waals surface area contributed by atoms with Crippen LogP contribution in [0.5, 0.6) is 0 Å². The van der Waals surface area contributed by atoms with Gasteiger partial charge in [-0.15, -0.1) is 0 Å². The molecule has 1 aromatic rings. The predicted octanol–water partition coefficient (Wildman–Crippen LogP) is 0.114. The van der Waals surface area contributed by atoms with Gasteiger partial charge in [0.05, 0.1) is 6.10 Å². The van der Waals surface area contributed by atoms with E-state index in [-0.39, 0.29) is 11.9 Å². The number of rotatable bonds is 7. The van der Waals surface area contributed by atoms with Crippen molar-refractivity contribution in [1.29, 1.82) is 0 Å². The van der Waals surface area contributed by atoms with Gasteiger partial charge in [0, 0.05) is 13.2 Å². The van der Waals surface area contributed by atoms with Crippen LogP contribution in [0.2, 0.25) is 0 Å². The largest absolute Gasteiger partial charge is 0.378 e. The Morgan fingerprint density at radius 3 is 3.05 bits per heavy atom. The summed E-state index contributed by atoms with van der Waals surface area (Å²) in [4.78, 5) is 15.7. The molecule has 2 N–H and O–H groups in total. The quantitative estimate of drug-likeness (QED) is 0.694. The molecule has 0 aliphatic carbocycles. The van der Waals surface area contributed by atoms with Crippen LogP contribution >= 0.6 is 0 Å². The number of aromatic nitrogens is 3. The molecule has 1 fully saturated rings. The average molecular weight is 281 g/mol. The standard InChI is InChI=1S/C13H23N5O2/c1-11(18-10-15-9-17-18)13(19)16-5-2-8-20-12-3-6-14-7-4-12/h9-12,14H,2-8H2,1H3,(H,16,19). The summed E-state index contributed by atoms with van der Waals surface area (Å²) in [6, 6.07) is -0.331. The van der Waals surface area contributed by atoms with Crippen LogP contribution in [0.3, 0.4) is 0 Å². The highest BCUT2D eigenvalue weighted by molar-refractivity contribution is 5.79. The molecule has 1 saturated heterocycles. The van der Waals surface area contributed by atoms with Crippen molar-refractivity contribution >= 4 is 5.91 Å². The molecule has 1 aliphatic rings. The molecule has 7 nitrogen and oxygen atoms in total. The van der Waals surface area contributed by atoms with Crippen LogP contribution in [0.15, 0.2) is 12.7 Å². The Balaban J connectivity index is 1.55. The highest BCUT2D eigenvalue weighted by Crippen LogP contribution is 2.07. The molecule has 1 atom stereocenters. The minimum atomic E-state index is -0.331. The molecule has 0 bridgehead atoms.